The van der Waals surface area contributed by atoms with Crippen molar-refractivity contribution in [3.8, 4) is 0 Å². The number of para-hydroxylation sites is 4. The first-order valence-electron chi connectivity index (χ1n) is 11.6. The van der Waals surface area contributed by atoms with Crippen LogP contribution in [0.15, 0.2) is 109 Å². The number of hydrogen-bond donors (Lipinski definition) is 5. The van der Waals surface area contributed by atoms with Gasteiger partial charge in [0.25, 0.3) is 5.91 Å². The monoisotopic (exact) mass is 508 g/mol. The molecule has 38 heavy (non-hydrogen) atoms. The zero-order chi connectivity index (χ0) is 26.9. The van der Waals surface area contributed by atoms with Crippen LogP contribution in [0.3, 0.4) is 0 Å². The van der Waals surface area contributed by atoms with Crippen molar-refractivity contribution in [1.82, 2.24) is 0 Å². The Morgan fingerprint density at radius 2 is 0.974 bits per heavy atom. The topological polar surface area (TPSA) is 137 Å². The zero-order valence-corrected chi connectivity index (χ0v) is 20.0. The third-order valence-corrected chi connectivity index (χ3v) is 5.53. The molecule has 0 aliphatic rings. The predicted octanol–water partition coefficient (Wildman–Crippen LogP) is 5.39. The van der Waals surface area contributed by atoms with E-state index in [1.807, 2.05) is 12.1 Å². The molecule has 0 aromatic heterocycles. The van der Waals surface area contributed by atoms with Crippen LogP contribution >= 0.6 is 0 Å². The lowest BCUT2D eigenvalue weighted by atomic mass is 9.95. The molecule has 0 radical (unpaired) electrons. The lowest BCUT2D eigenvalue weighted by molar-refractivity contribution is -0.126. The summed E-state index contributed by atoms with van der Waals surface area (Å²) >= 11 is 0. The minimum absolute atomic E-state index is 0.222. The van der Waals surface area contributed by atoms with E-state index >= 15 is 0 Å². The van der Waals surface area contributed by atoms with Gasteiger partial charge in [0.05, 0.1) is 11.4 Å². The number of carbonyl (C=O) groups is 4. The molecule has 0 saturated carbocycles. The van der Waals surface area contributed by atoms with E-state index in [4.69, 9.17) is 5.11 Å². The second kappa shape index (κ2) is 12.0. The number of carboxylic acid groups (broad SMARTS) is 1. The fourth-order valence-electron chi connectivity index (χ4n) is 3.73. The van der Waals surface area contributed by atoms with Gasteiger partial charge in [0.1, 0.15) is 5.92 Å². The molecular formula is C29H24N4O5. The molecule has 0 fully saturated rings. The number of hydrogen-bond acceptors (Lipinski definition) is 4. The highest BCUT2D eigenvalue weighted by molar-refractivity contribution is 6.15. The number of benzene rings is 4. The fraction of sp³-hybridized carbons (Fsp3) is 0.0345. The molecule has 0 unspecified atom stereocenters. The summed E-state index contributed by atoms with van der Waals surface area (Å²) in [7, 11) is 0. The van der Waals surface area contributed by atoms with Crippen molar-refractivity contribution in [1.29, 1.82) is 0 Å². The maximum Gasteiger partial charge on any atom is 0.409 e. The van der Waals surface area contributed by atoms with Gasteiger partial charge in [0.2, 0.25) is 11.8 Å². The van der Waals surface area contributed by atoms with Gasteiger partial charge < -0.3 is 21.1 Å². The minimum Gasteiger partial charge on any atom is -0.465 e. The number of amides is 4. The van der Waals surface area contributed by atoms with Crippen LogP contribution in [0.25, 0.3) is 0 Å². The molecule has 0 spiro atoms. The molecule has 4 amide bonds. The van der Waals surface area contributed by atoms with Crippen molar-refractivity contribution < 1.29 is 24.3 Å². The maximum absolute atomic E-state index is 13.2. The van der Waals surface area contributed by atoms with Crippen LogP contribution in [0.5, 0.6) is 0 Å². The van der Waals surface area contributed by atoms with Gasteiger partial charge in [-0.2, -0.15) is 0 Å². The van der Waals surface area contributed by atoms with Gasteiger partial charge >= 0.3 is 6.09 Å². The van der Waals surface area contributed by atoms with Crippen LogP contribution in [0.4, 0.5) is 27.5 Å². The number of anilines is 4. The van der Waals surface area contributed by atoms with E-state index in [9.17, 15) is 19.2 Å². The van der Waals surface area contributed by atoms with Crippen LogP contribution < -0.4 is 21.3 Å². The Balaban J connectivity index is 1.56. The Morgan fingerprint density at radius 3 is 1.45 bits per heavy atom. The standard InChI is InChI=1S/C29H24N4O5/c34-26(32-23-13-7-8-14-24(23)33-29(37)38)20-17-15-19(16-18-20)25(27(35)30-21-9-3-1-4-10-21)28(36)31-22-11-5-2-6-12-22/h1-18,25,33H,(H,30,35)(H,31,36)(H,32,34)(H,37,38). The van der Waals surface area contributed by atoms with Crippen molar-refractivity contribution in [3.63, 3.8) is 0 Å². The van der Waals surface area contributed by atoms with Crippen molar-refractivity contribution >= 4 is 46.6 Å². The van der Waals surface area contributed by atoms with E-state index in [0.717, 1.165) is 0 Å². The third kappa shape index (κ3) is 6.61. The molecule has 0 aliphatic heterocycles. The highest BCUT2D eigenvalue weighted by Gasteiger charge is 2.29. The number of rotatable bonds is 8. The molecule has 9 heteroatoms. The summed E-state index contributed by atoms with van der Waals surface area (Å²) in [5, 5.41) is 19.4. The van der Waals surface area contributed by atoms with Gasteiger partial charge in [-0.3, -0.25) is 19.7 Å². The predicted molar refractivity (Wildman–Crippen MR) is 145 cm³/mol. The van der Waals surface area contributed by atoms with Gasteiger partial charge in [0.15, 0.2) is 0 Å². The second-order valence-corrected chi connectivity index (χ2v) is 8.20. The summed E-state index contributed by atoms with van der Waals surface area (Å²) in [6.07, 6.45) is -1.26. The number of carbonyl (C=O) groups excluding carboxylic acids is 3. The van der Waals surface area contributed by atoms with E-state index < -0.39 is 29.7 Å². The van der Waals surface area contributed by atoms with Gasteiger partial charge in [-0.25, -0.2) is 4.79 Å². The van der Waals surface area contributed by atoms with E-state index in [0.29, 0.717) is 16.9 Å². The average Bonchev–Trinajstić information content (AvgIpc) is 2.91. The molecule has 4 rings (SSSR count). The normalized spacial score (nSPS) is 10.3. The van der Waals surface area contributed by atoms with E-state index in [-0.39, 0.29) is 16.9 Å². The van der Waals surface area contributed by atoms with Crippen LogP contribution in [-0.4, -0.2) is 28.9 Å². The second-order valence-electron chi connectivity index (χ2n) is 8.20. The molecule has 5 N–H and O–H groups in total. The molecule has 0 aliphatic carbocycles. The maximum atomic E-state index is 13.2. The van der Waals surface area contributed by atoms with Gasteiger partial charge in [0, 0.05) is 16.9 Å². The first-order chi connectivity index (χ1) is 18.4. The van der Waals surface area contributed by atoms with Gasteiger partial charge in [-0.15, -0.1) is 0 Å². The van der Waals surface area contributed by atoms with Crippen LogP contribution in [0.1, 0.15) is 21.8 Å². The fourth-order valence-corrected chi connectivity index (χ4v) is 3.73. The molecule has 4 aromatic rings. The van der Waals surface area contributed by atoms with Crippen molar-refractivity contribution in [2.45, 2.75) is 5.92 Å². The van der Waals surface area contributed by atoms with Crippen molar-refractivity contribution in [2.75, 3.05) is 21.3 Å². The Labute approximate surface area is 218 Å². The molecule has 9 nitrogen and oxygen atoms in total. The quantitative estimate of drug-likeness (QED) is 0.203. The Bertz CT molecular complexity index is 1390. The lowest BCUT2D eigenvalue weighted by Crippen LogP contribution is -2.32. The summed E-state index contributed by atoms with van der Waals surface area (Å²) in [4.78, 5) is 50.3. The third-order valence-electron chi connectivity index (χ3n) is 5.53. The van der Waals surface area contributed by atoms with Crippen molar-refractivity contribution in [2.24, 2.45) is 0 Å². The Hall–Kier alpha value is -5.44. The van der Waals surface area contributed by atoms with Crippen LogP contribution in [0, 0.1) is 0 Å². The Morgan fingerprint density at radius 1 is 0.526 bits per heavy atom. The van der Waals surface area contributed by atoms with Gasteiger partial charge in [-0.1, -0.05) is 60.7 Å². The van der Waals surface area contributed by atoms with E-state index in [1.165, 1.54) is 30.3 Å². The molecular weight excluding hydrogens is 484 g/mol. The van der Waals surface area contributed by atoms with E-state index in [2.05, 4.69) is 21.3 Å². The molecule has 0 bridgehead atoms. The molecule has 0 atom stereocenters. The SMILES string of the molecule is O=C(O)Nc1ccccc1NC(=O)c1ccc(C(C(=O)Nc2ccccc2)C(=O)Nc2ccccc2)cc1. The first-order valence-corrected chi connectivity index (χ1v) is 11.6. The minimum atomic E-state index is -1.26. The van der Waals surface area contributed by atoms with Crippen molar-refractivity contribution in [3.05, 3.63) is 120 Å². The highest BCUT2D eigenvalue weighted by atomic mass is 16.4. The summed E-state index contributed by atoms with van der Waals surface area (Å²) in [6.45, 7) is 0. The summed E-state index contributed by atoms with van der Waals surface area (Å²) in [6, 6.07) is 30.0. The first kappa shape index (κ1) is 25.6. The molecule has 0 saturated heterocycles. The largest absolute Gasteiger partial charge is 0.465 e. The average molecular weight is 509 g/mol. The van der Waals surface area contributed by atoms with Crippen LogP contribution in [-0.2, 0) is 9.59 Å². The van der Waals surface area contributed by atoms with Gasteiger partial charge in [-0.05, 0) is 54.1 Å². The summed E-state index contributed by atoms with van der Waals surface area (Å²) in [5.41, 5.74) is 2.23. The summed E-state index contributed by atoms with van der Waals surface area (Å²) in [5.74, 6) is -2.76. The smallest absolute Gasteiger partial charge is 0.409 e. The summed E-state index contributed by atoms with van der Waals surface area (Å²) < 4.78 is 0. The molecule has 0 heterocycles. The lowest BCUT2D eigenvalue weighted by Gasteiger charge is -2.18. The number of nitrogens with one attached hydrogen (secondary N) is 4. The van der Waals surface area contributed by atoms with Crippen LogP contribution in [0.2, 0.25) is 0 Å². The Kier molecular flexibility index (Phi) is 8.10. The van der Waals surface area contributed by atoms with E-state index in [1.54, 1.807) is 66.7 Å². The zero-order valence-electron chi connectivity index (χ0n) is 20.0. The molecule has 4 aromatic carbocycles. The molecule has 190 valence electrons. The highest BCUT2D eigenvalue weighted by Crippen LogP contribution is 2.24.